The number of non-ortho nitro benzene ring substituents is 1. The SMILES string of the molecule is C[C@@H]1CC(=O)Nc2ccc([N+](=O)[O-])cc2N1C=O. The van der Waals surface area contributed by atoms with E-state index < -0.39 is 4.92 Å². The quantitative estimate of drug-likeness (QED) is 0.485. The van der Waals surface area contributed by atoms with Crippen LogP contribution in [0.1, 0.15) is 13.3 Å². The normalized spacial score (nSPS) is 18.6. The van der Waals surface area contributed by atoms with Crippen molar-refractivity contribution >= 4 is 29.4 Å². The molecule has 0 fully saturated rings. The molecule has 0 unspecified atom stereocenters. The smallest absolute Gasteiger partial charge is 0.271 e. The summed E-state index contributed by atoms with van der Waals surface area (Å²) in [6, 6.07) is 3.66. The average Bonchev–Trinajstić information content (AvgIpc) is 2.42. The fourth-order valence-corrected chi connectivity index (χ4v) is 1.92. The molecule has 0 spiro atoms. The third-order valence-electron chi connectivity index (χ3n) is 2.81. The van der Waals surface area contributed by atoms with Crippen molar-refractivity contribution < 1.29 is 14.5 Å². The molecule has 1 aromatic carbocycles. The van der Waals surface area contributed by atoms with Gasteiger partial charge in [-0.1, -0.05) is 0 Å². The van der Waals surface area contributed by atoms with Crippen LogP contribution in [0.5, 0.6) is 0 Å². The molecule has 0 saturated heterocycles. The van der Waals surface area contributed by atoms with Crippen LogP contribution < -0.4 is 10.2 Å². The minimum Gasteiger partial charge on any atom is -0.324 e. The number of nitro groups is 1. The molecule has 1 aliphatic heterocycles. The largest absolute Gasteiger partial charge is 0.324 e. The van der Waals surface area contributed by atoms with Gasteiger partial charge in [0.1, 0.15) is 0 Å². The highest BCUT2D eigenvalue weighted by Crippen LogP contribution is 2.33. The van der Waals surface area contributed by atoms with Crippen LogP contribution >= 0.6 is 0 Å². The Morgan fingerprint density at radius 1 is 1.56 bits per heavy atom. The molecule has 0 radical (unpaired) electrons. The highest BCUT2D eigenvalue weighted by molar-refractivity contribution is 6.00. The molecule has 2 amide bonds. The second kappa shape index (κ2) is 4.44. The Morgan fingerprint density at radius 3 is 2.89 bits per heavy atom. The molecule has 1 N–H and O–H groups in total. The number of anilines is 2. The molecule has 7 nitrogen and oxygen atoms in total. The Hall–Kier alpha value is -2.44. The Labute approximate surface area is 103 Å². The first-order valence-corrected chi connectivity index (χ1v) is 5.35. The summed E-state index contributed by atoms with van der Waals surface area (Å²) in [5.41, 5.74) is 0.628. The zero-order valence-electron chi connectivity index (χ0n) is 9.62. The number of nitro benzene ring substituents is 1. The minimum atomic E-state index is -0.541. The third-order valence-corrected chi connectivity index (χ3v) is 2.81. The summed E-state index contributed by atoms with van der Waals surface area (Å²) in [6.07, 6.45) is 0.731. The van der Waals surface area contributed by atoms with Crippen molar-refractivity contribution in [3.8, 4) is 0 Å². The summed E-state index contributed by atoms with van der Waals surface area (Å²) in [4.78, 5) is 34.1. The van der Waals surface area contributed by atoms with Crippen LogP contribution in [-0.4, -0.2) is 23.3 Å². The molecule has 0 bridgehead atoms. The van der Waals surface area contributed by atoms with Crippen molar-refractivity contribution in [2.45, 2.75) is 19.4 Å². The van der Waals surface area contributed by atoms with Gasteiger partial charge in [0.05, 0.1) is 16.3 Å². The fraction of sp³-hybridized carbons (Fsp3) is 0.273. The van der Waals surface area contributed by atoms with Gasteiger partial charge in [-0.15, -0.1) is 0 Å². The number of hydrogen-bond donors (Lipinski definition) is 1. The Balaban J connectivity index is 2.56. The van der Waals surface area contributed by atoms with E-state index in [1.807, 2.05) is 0 Å². The maximum atomic E-state index is 11.5. The Morgan fingerprint density at radius 2 is 2.28 bits per heavy atom. The first kappa shape index (κ1) is 12.0. The first-order valence-electron chi connectivity index (χ1n) is 5.35. The van der Waals surface area contributed by atoms with Crippen molar-refractivity contribution in [2.75, 3.05) is 10.2 Å². The van der Waals surface area contributed by atoms with Crippen LogP contribution in [0.4, 0.5) is 17.1 Å². The summed E-state index contributed by atoms with van der Waals surface area (Å²) in [6.45, 7) is 1.71. The number of fused-ring (bicyclic) bond motifs is 1. The van der Waals surface area contributed by atoms with Gasteiger partial charge in [-0.05, 0) is 13.0 Å². The molecule has 0 aliphatic carbocycles. The zero-order chi connectivity index (χ0) is 13.3. The van der Waals surface area contributed by atoms with Crippen LogP contribution in [0.25, 0.3) is 0 Å². The molecule has 1 aliphatic rings. The van der Waals surface area contributed by atoms with E-state index in [0.29, 0.717) is 17.8 Å². The number of rotatable bonds is 2. The lowest BCUT2D eigenvalue weighted by Crippen LogP contribution is -2.32. The van der Waals surface area contributed by atoms with Gasteiger partial charge in [0.2, 0.25) is 12.3 Å². The van der Waals surface area contributed by atoms with Crippen molar-refractivity contribution in [3.05, 3.63) is 28.3 Å². The Bertz CT molecular complexity index is 529. The predicted molar refractivity (Wildman–Crippen MR) is 64.3 cm³/mol. The van der Waals surface area contributed by atoms with Crippen molar-refractivity contribution in [1.29, 1.82) is 0 Å². The van der Waals surface area contributed by atoms with Crippen molar-refractivity contribution in [2.24, 2.45) is 0 Å². The molecule has 1 atom stereocenters. The van der Waals surface area contributed by atoms with E-state index in [2.05, 4.69) is 5.32 Å². The molecular formula is C11H11N3O4. The molecule has 94 valence electrons. The van der Waals surface area contributed by atoms with E-state index in [4.69, 9.17) is 0 Å². The number of amides is 2. The number of nitrogens with one attached hydrogen (secondary N) is 1. The molecule has 2 rings (SSSR count). The standard InChI is InChI=1S/C11H11N3O4/c1-7-4-11(16)12-9-3-2-8(14(17)18)5-10(9)13(7)6-15/h2-3,5-7H,4H2,1H3,(H,12,16)/t7-/m1/s1. The van der Waals surface area contributed by atoms with E-state index in [1.54, 1.807) is 6.92 Å². The molecule has 7 heteroatoms. The average molecular weight is 249 g/mol. The highest BCUT2D eigenvalue weighted by Gasteiger charge is 2.26. The number of hydrogen-bond acceptors (Lipinski definition) is 4. The minimum absolute atomic E-state index is 0.121. The predicted octanol–water partition coefficient (Wildman–Crippen LogP) is 1.29. The lowest BCUT2D eigenvalue weighted by Gasteiger charge is -2.22. The van der Waals surface area contributed by atoms with Gasteiger partial charge >= 0.3 is 0 Å². The molecule has 0 aromatic heterocycles. The first-order chi connectivity index (χ1) is 8.52. The summed E-state index contributed by atoms with van der Waals surface area (Å²) in [5.74, 6) is -0.220. The molecule has 0 saturated carbocycles. The number of benzene rings is 1. The fourth-order valence-electron chi connectivity index (χ4n) is 1.92. The highest BCUT2D eigenvalue weighted by atomic mass is 16.6. The van der Waals surface area contributed by atoms with Gasteiger partial charge in [-0.3, -0.25) is 19.7 Å². The van der Waals surface area contributed by atoms with E-state index in [9.17, 15) is 19.7 Å². The topological polar surface area (TPSA) is 92.5 Å². The van der Waals surface area contributed by atoms with Gasteiger partial charge < -0.3 is 10.2 Å². The monoisotopic (exact) mass is 249 g/mol. The maximum absolute atomic E-state index is 11.5. The number of carbonyl (C=O) groups excluding carboxylic acids is 2. The summed E-state index contributed by atoms with van der Waals surface area (Å²) in [5, 5.41) is 13.3. The number of nitrogens with zero attached hydrogens (tertiary/aromatic N) is 2. The van der Waals surface area contributed by atoms with Gasteiger partial charge in [-0.2, -0.15) is 0 Å². The van der Waals surface area contributed by atoms with Gasteiger partial charge in [0, 0.05) is 24.6 Å². The van der Waals surface area contributed by atoms with Crippen LogP contribution in [0, 0.1) is 10.1 Å². The van der Waals surface area contributed by atoms with Gasteiger partial charge in [0.25, 0.3) is 5.69 Å². The van der Waals surface area contributed by atoms with Crippen molar-refractivity contribution in [1.82, 2.24) is 0 Å². The van der Waals surface area contributed by atoms with E-state index in [-0.39, 0.29) is 24.1 Å². The van der Waals surface area contributed by atoms with Crippen LogP contribution in [0.2, 0.25) is 0 Å². The van der Waals surface area contributed by atoms with Crippen LogP contribution in [-0.2, 0) is 9.59 Å². The second-order valence-electron chi connectivity index (χ2n) is 4.07. The second-order valence-corrected chi connectivity index (χ2v) is 4.07. The van der Waals surface area contributed by atoms with Gasteiger partial charge in [0.15, 0.2) is 0 Å². The van der Waals surface area contributed by atoms with E-state index in [1.165, 1.54) is 23.1 Å². The molecule has 1 heterocycles. The zero-order valence-corrected chi connectivity index (χ0v) is 9.62. The van der Waals surface area contributed by atoms with Crippen LogP contribution in [0.15, 0.2) is 18.2 Å². The van der Waals surface area contributed by atoms with Gasteiger partial charge in [-0.25, -0.2) is 0 Å². The molecule has 1 aromatic rings. The van der Waals surface area contributed by atoms with E-state index in [0.717, 1.165) is 0 Å². The maximum Gasteiger partial charge on any atom is 0.271 e. The molecular weight excluding hydrogens is 238 g/mol. The summed E-state index contributed by atoms with van der Waals surface area (Å²) in [7, 11) is 0. The lowest BCUT2D eigenvalue weighted by molar-refractivity contribution is -0.384. The third kappa shape index (κ3) is 2.02. The van der Waals surface area contributed by atoms with Crippen molar-refractivity contribution in [3.63, 3.8) is 0 Å². The van der Waals surface area contributed by atoms with Crippen LogP contribution in [0.3, 0.4) is 0 Å². The molecule has 18 heavy (non-hydrogen) atoms. The summed E-state index contributed by atoms with van der Waals surface area (Å²) >= 11 is 0. The Kier molecular flexibility index (Phi) is 2.97. The lowest BCUT2D eigenvalue weighted by atomic mass is 10.2. The summed E-state index contributed by atoms with van der Waals surface area (Å²) < 4.78 is 0. The number of carbonyl (C=O) groups is 2. The van der Waals surface area contributed by atoms with E-state index >= 15 is 0 Å².